The van der Waals surface area contributed by atoms with Crippen LogP contribution in [0, 0.1) is 6.92 Å². The number of amides is 2. The summed E-state index contributed by atoms with van der Waals surface area (Å²) in [7, 11) is 0. The van der Waals surface area contributed by atoms with Crippen molar-refractivity contribution >= 4 is 69.0 Å². The van der Waals surface area contributed by atoms with Gasteiger partial charge in [0.2, 0.25) is 0 Å². The Bertz CT molecular complexity index is 1620. The standard InChI is InChI=1S/C28H19Cl3N4O2/c1-15-8-17(10-19(29)9-15)27(36)32-22-4-2-16(3-5-22)26-34-24-7-6-23(14-25(24)35-26)33-28(37)18-11-20(30)13-21(31)12-18/h2-14H,1H3,(H,32,36)(H,33,37)(H,34,35). The lowest BCUT2D eigenvalue weighted by Crippen LogP contribution is -2.12. The van der Waals surface area contributed by atoms with Crippen LogP contribution in [0.4, 0.5) is 11.4 Å². The van der Waals surface area contributed by atoms with Gasteiger partial charge in [-0.1, -0.05) is 34.8 Å². The number of imidazole rings is 1. The van der Waals surface area contributed by atoms with Crippen LogP contribution in [-0.2, 0) is 0 Å². The van der Waals surface area contributed by atoms with E-state index in [2.05, 4.69) is 20.6 Å². The first-order valence-corrected chi connectivity index (χ1v) is 12.3. The number of anilines is 2. The van der Waals surface area contributed by atoms with Gasteiger partial charge < -0.3 is 15.6 Å². The van der Waals surface area contributed by atoms with Gasteiger partial charge in [-0.3, -0.25) is 9.59 Å². The van der Waals surface area contributed by atoms with E-state index < -0.39 is 0 Å². The molecular weight excluding hydrogens is 531 g/mol. The molecule has 0 saturated carbocycles. The molecule has 2 amide bonds. The summed E-state index contributed by atoms with van der Waals surface area (Å²) in [5.41, 5.74) is 5.35. The fraction of sp³-hybridized carbons (Fsp3) is 0.0357. The third-order valence-corrected chi connectivity index (χ3v) is 6.24. The second-order valence-corrected chi connectivity index (χ2v) is 9.79. The normalized spacial score (nSPS) is 10.9. The van der Waals surface area contributed by atoms with Gasteiger partial charge in [0.25, 0.3) is 11.8 Å². The zero-order valence-electron chi connectivity index (χ0n) is 19.4. The number of carbonyl (C=O) groups is 2. The van der Waals surface area contributed by atoms with Gasteiger partial charge >= 0.3 is 0 Å². The summed E-state index contributed by atoms with van der Waals surface area (Å²) >= 11 is 18.1. The summed E-state index contributed by atoms with van der Waals surface area (Å²) < 4.78 is 0. The van der Waals surface area contributed by atoms with E-state index in [0.717, 1.165) is 22.2 Å². The minimum absolute atomic E-state index is 0.239. The second-order valence-electron chi connectivity index (χ2n) is 8.48. The van der Waals surface area contributed by atoms with Crippen molar-refractivity contribution in [2.24, 2.45) is 0 Å². The lowest BCUT2D eigenvalue weighted by atomic mass is 10.1. The van der Waals surface area contributed by atoms with Gasteiger partial charge in [0.05, 0.1) is 11.0 Å². The molecule has 0 atom stereocenters. The van der Waals surface area contributed by atoms with Crippen LogP contribution < -0.4 is 10.6 Å². The number of aromatic nitrogens is 2. The highest BCUT2D eigenvalue weighted by molar-refractivity contribution is 6.35. The highest BCUT2D eigenvalue weighted by Crippen LogP contribution is 2.26. The molecule has 1 aromatic heterocycles. The Morgan fingerprint density at radius 2 is 1.27 bits per heavy atom. The number of hydrogen-bond donors (Lipinski definition) is 3. The largest absolute Gasteiger partial charge is 0.338 e. The van der Waals surface area contributed by atoms with Crippen molar-refractivity contribution in [3.8, 4) is 11.4 Å². The number of H-pyrrole nitrogens is 1. The molecule has 6 nitrogen and oxygen atoms in total. The van der Waals surface area contributed by atoms with Crippen LogP contribution in [0.3, 0.4) is 0 Å². The summed E-state index contributed by atoms with van der Waals surface area (Å²) in [5.74, 6) is 0.0919. The number of nitrogens with one attached hydrogen (secondary N) is 3. The van der Waals surface area contributed by atoms with Gasteiger partial charge in [0.1, 0.15) is 5.82 Å². The number of rotatable bonds is 5. The van der Waals surface area contributed by atoms with Crippen molar-refractivity contribution < 1.29 is 9.59 Å². The summed E-state index contributed by atoms with van der Waals surface area (Å²) in [6.45, 7) is 1.89. The molecule has 4 aromatic carbocycles. The number of aromatic amines is 1. The van der Waals surface area contributed by atoms with E-state index in [4.69, 9.17) is 34.8 Å². The minimum Gasteiger partial charge on any atom is -0.338 e. The highest BCUT2D eigenvalue weighted by Gasteiger charge is 2.12. The SMILES string of the molecule is Cc1cc(Cl)cc(C(=O)Nc2ccc(-c3nc4ccc(NC(=O)c5cc(Cl)cc(Cl)c5)cc4[nH]3)cc2)c1. The van der Waals surface area contributed by atoms with Gasteiger partial charge in [-0.2, -0.15) is 0 Å². The third-order valence-electron chi connectivity index (χ3n) is 5.59. The monoisotopic (exact) mass is 548 g/mol. The van der Waals surface area contributed by atoms with Crippen molar-refractivity contribution in [1.29, 1.82) is 0 Å². The van der Waals surface area contributed by atoms with Gasteiger partial charge in [0.15, 0.2) is 0 Å². The summed E-state index contributed by atoms with van der Waals surface area (Å²) in [4.78, 5) is 33.1. The lowest BCUT2D eigenvalue weighted by Gasteiger charge is -2.07. The maximum absolute atomic E-state index is 12.6. The Hall–Kier alpha value is -3.84. The number of hydrogen-bond acceptors (Lipinski definition) is 3. The molecule has 37 heavy (non-hydrogen) atoms. The number of benzene rings is 4. The second kappa shape index (κ2) is 10.3. The molecule has 0 bridgehead atoms. The smallest absolute Gasteiger partial charge is 0.255 e. The molecule has 0 radical (unpaired) electrons. The van der Waals surface area contributed by atoms with Crippen LogP contribution in [0.5, 0.6) is 0 Å². The maximum atomic E-state index is 12.6. The Balaban J connectivity index is 1.31. The first kappa shape index (κ1) is 24.8. The molecule has 0 unspecified atom stereocenters. The van der Waals surface area contributed by atoms with E-state index in [1.807, 2.05) is 25.1 Å². The van der Waals surface area contributed by atoms with Crippen molar-refractivity contribution in [3.05, 3.63) is 111 Å². The number of carbonyl (C=O) groups excluding carboxylic acids is 2. The van der Waals surface area contributed by atoms with E-state index >= 15 is 0 Å². The van der Waals surface area contributed by atoms with E-state index in [-0.39, 0.29) is 11.8 Å². The molecule has 0 fully saturated rings. The van der Waals surface area contributed by atoms with Gasteiger partial charge in [-0.25, -0.2) is 4.98 Å². The highest BCUT2D eigenvalue weighted by atomic mass is 35.5. The molecule has 184 valence electrons. The van der Waals surface area contributed by atoms with Crippen molar-refractivity contribution in [3.63, 3.8) is 0 Å². The Labute approximate surface area is 227 Å². The molecule has 0 aliphatic heterocycles. The maximum Gasteiger partial charge on any atom is 0.255 e. The van der Waals surface area contributed by atoms with Crippen molar-refractivity contribution in [2.45, 2.75) is 6.92 Å². The van der Waals surface area contributed by atoms with Crippen LogP contribution >= 0.6 is 34.8 Å². The molecular formula is C28H19Cl3N4O2. The average molecular weight is 550 g/mol. The summed E-state index contributed by atoms with van der Waals surface area (Å²) in [5, 5.41) is 7.01. The fourth-order valence-corrected chi connectivity index (χ4v) is 4.71. The van der Waals surface area contributed by atoms with Crippen molar-refractivity contribution in [2.75, 3.05) is 10.6 Å². The molecule has 0 aliphatic rings. The summed E-state index contributed by atoms with van der Waals surface area (Å²) in [6.07, 6.45) is 0. The molecule has 3 N–H and O–H groups in total. The van der Waals surface area contributed by atoms with E-state index in [0.29, 0.717) is 43.4 Å². The predicted molar refractivity (Wildman–Crippen MR) is 150 cm³/mol. The van der Waals surface area contributed by atoms with E-state index in [1.165, 1.54) is 0 Å². The van der Waals surface area contributed by atoms with Crippen LogP contribution in [0.1, 0.15) is 26.3 Å². The molecule has 9 heteroatoms. The van der Waals surface area contributed by atoms with Gasteiger partial charge in [-0.15, -0.1) is 0 Å². The van der Waals surface area contributed by atoms with E-state index in [9.17, 15) is 9.59 Å². The zero-order chi connectivity index (χ0) is 26.1. The summed E-state index contributed by atoms with van der Waals surface area (Å²) in [6, 6.07) is 22.6. The number of nitrogens with zero attached hydrogens (tertiary/aromatic N) is 1. The lowest BCUT2D eigenvalue weighted by molar-refractivity contribution is 0.101. The molecule has 0 saturated heterocycles. The number of aryl methyl sites for hydroxylation is 1. The quantitative estimate of drug-likeness (QED) is 0.207. The zero-order valence-corrected chi connectivity index (χ0v) is 21.7. The molecule has 5 rings (SSSR count). The molecule has 0 spiro atoms. The van der Waals surface area contributed by atoms with E-state index in [1.54, 1.807) is 60.7 Å². The fourth-order valence-electron chi connectivity index (χ4n) is 3.89. The Morgan fingerprint density at radius 1 is 0.703 bits per heavy atom. The van der Waals surface area contributed by atoms with Crippen molar-refractivity contribution in [1.82, 2.24) is 9.97 Å². The van der Waals surface area contributed by atoms with Crippen LogP contribution in [0.25, 0.3) is 22.4 Å². The third kappa shape index (κ3) is 5.78. The van der Waals surface area contributed by atoms with Gasteiger partial charge in [0, 0.05) is 43.1 Å². The first-order valence-electron chi connectivity index (χ1n) is 11.2. The van der Waals surface area contributed by atoms with Crippen LogP contribution in [0.2, 0.25) is 15.1 Å². The molecule has 1 heterocycles. The topological polar surface area (TPSA) is 86.9 Å². The van der Waals surface area contributed by atoms with Gasteiger partial charge in [-0.05, 0) is 91.3 Å². The Kier molecular flexibility index (Phi) is 6.89. The Morgan fingerprint density at radius 3 is 1.92 bits per heavy atom. The molecule has 5 aromatic rings. The van der Waals surface area contributed by atoms with Crippen LogP contribution in [0.15, 0.2) is 78.9 Å². The average Bonchev–Trinajstić information content (AvgIpc) is 3.27. The predicted octanol–water partition coefficient (Wildman–Crippen LogP) is 8.00. The number of fused-ring (bicyclic) bond motifs is 1. The number of halogens is 3. The minimum atomic E-state index is -0.325. The molecule has 0 aliphatic carbocycles. The van der Waals surface area contributed by atoms with Crippen LogP contribution in [-0.4, -0.2) is 21.8 Å². The first-order chi connectivity index (χ1) is 17.7.